The highest BCUT2D eigenvalue weighted by Crippen LogP contribution is 2.25. The van der Waals surface area contributed by atoms with Gasteiger partial charge in [-0.1, -0.05) is 6.07 Å². The van der Waals surface area contributed by atoms with Crippen LogP contribution in [-0.2, 0) is 16.0 Å². The van der Waals surface area contributed by atoms with Gasteiger partial charge < -0.3 is 15.4 Å². The largest absolute Gasteiger partial charge is 0.478 e. The van der Waals surface area contributed by atoms with Crippen LogP contribution in [0.15, 0.2) is 18.2 Å². The second kappa shape index (κ2) is 7.24. The zero-order valence-corrected chi connectivity index (χ0v) is 13.1. The fourth-order valence-electron chi connectivity index (χ4n) is 2.40. The monoisotopic (exact) mass is 305 g/mol. The molecule has 1 fully saturated rings. The van der Waals surface area contributed by atoms with E-state index in [1.165, 1.54) is 0 Å². The van der Waals surface area contributed by atoms with Crippen molar-refractivity contribution in [1.29, 1.82) is 0 Å². The first-order valence-electron chi connectivity index (χ1n) is 7.67. The van der Waals surface area contributed by atoms with Crippen LogP contribution in [0.25, 0.3) is 0 Å². The van der Waals surface area contributed by atoms with E-state index >= 15 is 0 Å². The van der Waals surface area contributed by atoms with E-state index in [2.05, 4.69) is 15.6 Å². The van der Waals surface area contributed by atoms with Crippen LogP contribution in [0.4, 0.5) is 0 Å². The maximum absolute atomic E-state index is 12.3. The van der Waals surface area contributed by atoms with Crippen molar-refractivity contribution in [3.8, 4) is 5.88 Å². The van der Waals surface area contributed by atoms with Gasteiger partial charge in [-0.2, -0.15) is 0 Å². The lowest BCUT2D eigenvalue weighted by atomic mass is 9.81. The molecule has 0 aromatic carbocycles. The number of amides is 2. The standard InChI is InChI=1S/C16H23N3O3/c1-3-22-14-6-4-5-12(19-14)8-10-17-15(21)16(2)9-7-13(20)18-11-16/h4-6H,3,7-11H2,1-2H3,(H,17,21)(H,18,20). The zero-order chi connectivity index (χ0) is 16.0. The summed E-state index contributed by atoms with van der Waals surface area (Å²) < 4.78 is 5.36. The summed E-state index contributed by atoms with van der Waals surface area (Å²) in [7, 11) is 0. The Balaban J connectivity index is 1.81. The summed E-state index contributed by atoms with van der Waals surface area (Å²) in [6, 6.07) is 5.63. The number of aromatic nitrogens is 1. The molecule has 0 radical (unpaired) electrons. The molecule has 2 amide bonds. The summed E-state index contributed by atoms with van der Waals surface area (Å²) in [5.41, 5.74) is 0.363. The molecule has 120 valence electrons. The van der Waals surface area contributed by atoms with Crippen LogP contribution < -0.4 is 15.4 Å². The number of pyridine rings is 1. The number of piperidine rings is 1. The maximum Gasteiger partial charge on any atom is 0.227 e. The number of hydrogen-bond acceptors (Lipinski definition) is 4. The van der Waals surface area contributed by atoms with E-state index < -0.39 is 5.41 Å². The van der Waals surface area contributed by atoms with Gasteiger partial charge in [0.15, 0.2) is 0 Å². The Morgan fingerprint density at radius 2 is 2.32 bits per heavy atom. The highest BCUT2D eigenvalue weighted by atomic mass is 16.5. The molecule has 2 N–H and O–H groups in total. The van der Waals surface area contributed by atoms with Gasteiger partial charge in [-0.25, -0.2) is 4.98 Å². The fraction of sp³-hybridized carbons (Fsp3) is 0.562. The molecule has 0 saturated carbocycles. The number of carbonyl (C=O) groups excluding carboxylic acids is 2. The van der Waals surface area contributed by atoms with Gasteiger partial charge in [0.05, 0.1) is 12.0 Å². The SMILES string of the molecule is CCOc1cccc(CCNC(=O)C2(C)CCC(=O)NC2)n1. The highest BCUT2D eigenvalue weighted by molar-refractivity contribution is 5.86. The average Bonchev–Trinajstić information content (AvgIpc) is 2.51. The molecule has 22 heavy (non-hydrogen) atoms. The van der Waals surface area contributed by atoms with Gasteiger partial charge in [0.2, 0.25) is 17.7 Å². The van der Waals surface area contributed by atoms with Gasteiger partial charge in [0.25, 0.3) is 0 Å². The zero-order valence-electron chi connectivity index (χ0n) is 13.1. The van der Waals surface area contributed by atoms with E-state index in [-0.39, 0.29) is 11.8 Å². The summed E-state index contributed by atoms with van der Waals surface area (Å²) in [4.78, 5) is 27.8. The Hall–Kier alpha value is -2.11. The van der Waals surface area contributed by atoms with Crippen molar-refractivity contribution in [2.75, 3.05) is 19.7 Å². The van der Waals surface area contributed by atoms with Crippen molar-refractivity contribution in [1.82, 2.24) is 15.6 Å². The quantitative estimate of drug-likeness (QED) is 0.823. The molecule has 1 saturated heterocycles. The second-order valence-electron chi connectivity index (χ2n) is 5.74. The number of nitrogens with one attached hydrogen (secondary N) is 2. The molecular weight excluding hydrogens is 282 g/mol. The van der Waals surface area contributed by atoms with E-state index in [4.69, 9.17) is 4.74 Å². The van der Waals surface area contributed by atoms with Crippen molar-refractivity contribution >= 4 is 11.8 Å². The molecule has 2 rings (SSSR count). The number of rotatable bonds is 6. The number of nitrogens with zero attached hydrogens (tertiary/aromatic N) is 1. The second-order valence-corrected chi connectivity index (χ2v) is 5.74. The Kier molecular flexibility index (Phi) is 5.35. The van der Waals surface area contributed by atoms with Crippen LogP contribution in [-0.4, -0.2) is 36.5 Å². The number of hydrogen-bond donors (Lipinski definition) is 2. The molecule has 1 aliphatic rings. The fourth-order valence-corrected chi connectivity index (χ4v) is 2.40. The molecule has 6 nitrogen and oxygen atoms in total. The first-order valence-corrected chi connectivity index (χ1v) is 7.67. The molecule has 1 atom stereocenters. The van der Waals surface area contributed by atoms with Crippen molar-refractivity contribution in [2.45, 2.75) is 33.1 Å². The molecule has 1 unspecified atom stereocenters. The molecule has 0 spiro atoms. The Bertz CT molecular complexity index is 535. The van der Waals surface area contributed by atoms with Crippen molar-refractivity contribution in [3.05, 3.63) is 23.9 Å². The van der Waals surface area contributed by atoms with Crippen molar-refractivity contribution in [3.63, 3.8) is 0 Å². The van der Waals surface area contributed by atoms with Crippen LogP contribution in [0.5, 0.6) is 5.88 Å². The average molecular weight is 305 g/mol. The van der Waals surface area contributed by atoms with Gasteiger partial charge in [-0.15, -0.1) is 0 Å². The molecular formula is C16H23N3O3. The van der Waals surface area contributed by atoms with E-state index in [1.807, 2.05) is 32.0 Å². The smallest absolute Gasteiger partial charge is 0.227 e. The van der Waals surface area contributed by atoms with Crippen LogP contribution in [0.2, 0.25) is 0 Å². The molecule has 2 heterocycles. The van der Waals surface area contributed by atoms with Crippen LogP contribution in [0.1, 0.15) is 32.4 Å². The minimum Gasteiger partial charge on any atom is -0.478 e. The first-order chi connectivity index (χ1) is 10.5. The molecule has 0 bridgehead atoms. The lowest BCUT2D eigenvalue weighted by Gasteiger charge is -2.32. The Labute approximate surface area is 130 Å². The van der Waals surface area contributed by atoms with Gasteiger partial charge in [-0.05, 0) is 26.3 Å². The predicted octanol–water partition coefficient (Wildman–Crippen LogP) is 1.06. The third-order valence-electron chi connectivity index (χ3n) is 3.87. The summed E-state index contributed by atoms with van der Waals surface area (Å²) in [5, 5.41) is 5.69. The maximum atomic E-state index is 12.3. The van der Waals surface area contributed by atoms with Gasteiger partial charge in [0.1, 0.15) is 0 Å². The molecule has 1 aliphatic heterocycles. The minimum atomic E-state index is -0.519. The lowest BCUT2D eigenvalue weighted by molar-refractivity contribution is -0.134. The van der Waals surface area contributed by atoms with Crippen LogP contribution in [0, 0.1) is 5.41 Å². The Morgan fingerprint density at radius 3 is 3.00 bits per heavy atom. The first kappa shape index (κ1) is 16.3. The third-order valence-corrected chi connectivity index (χ3v) is 3.87. The number of carbonyl (C=O) groups is 2. The summed E-state index contributed by atoms with van der Waals surface area (Å²) in [5.74, 6) is 0.601. The number of ether oxygens (including phenoxy) is 1. The van der Waals surface area contributed by atoms with E-state index in [9.17, 15) is 9.59 Å². The van der Waals surface area contributed by atoms with Crippen LogP contribution in [0.3, 0.4) is 0 Å². The van der Waals surface area contributed by atoms with E-state index in [0.29, 0.717) is 44.8 Å². The molecule has 1 aromatic rings. The van der Waals surface area contributed by atoms with Crippen molar-refractivity contribution in [2.24, 2.45) is 5.41 Å². The van der Waals surface area contributed by atoms with Crippen molar-refractivity contribution < 1.29 is 14.3 Å². The van der Waals surface area contributed by atoms with E-state index in [1.54, 1.807) is 0 Å². The Morgan fingerprint density at radius 1 is 1.50 bits per heavy atom. The lowest BCUT2D eigenvalue weighted by Crippen LogP contribution is -2.50. The topological polar surface area (TPSA) is 80.3 Å². The summed E-state index contributed by atoms with van der Waals surface area (Å²) >= 11 is 0. The summed E-state index contributed by atoms with van der Waals surface area (Å²) in [6.07, 6.45) is 1.64. The van der Waals surface area contributed by atoms with Gasteiger partial charge in [0, 0.05) is 37.7 Å². The molecule has 0 aliphatic carbocycles. The molecule has 1 aromatic heterocycles. The highest BCUT2D eigenvalue weighted by Gasteiger charge is 2.36. The summed E-state index contributed by atoms with van der Waals surface area (Å²) in [6.45, 7) is 5.30. The predicted molar refractivity (Wildman–Crippen MR) is 82.5 cm³/mol. The van der Waals surface area contributed by atoms with Crippen LogP contribution >= 0.6 is 0 Å². The minimum absolute atomic E-state index is 0.0159. The third kappa shape index (κ3) is 4.19. The molecule has 6 heteroatoms. The van der Waals surface area contributed by atoms with E-state index in [0.717, 1.165) is 5.69 Å². The van der Waals surface area contributed by atoms with Gasteiger partial charge >= 0.3 is 0 Å². The normalized spacial score (nSPS) is 21.1. The van der Waals surface area contributed by atoms with Gasteiger partial charge in [-0.3, -0.25) is 9.59 Å².